The summed E-state index contributed by atoms with van der Waals surface area (Å²) in [6.45, 7) is 5.83. The molecule has 0 amide bonds. The van der Waals surface area contributed by atoms with Crippen LogP contribution in [0.3, 0.4) is 0 Å². The van der Waals surface area contributed by atoms with Crippen LogP contribution >= 0.6 is 0 Å². The molecule has 1 N–H and O–H groups in total. The molecule has 0 bridgehead atoms. The maximum absolute atomic E-state index is 11.3. The standard InChI is InChI=1S/C17H21NO3/c1-10(2)18-13-8-15(9-13)20-14-4-5-16-12(6-14)7-17(21-16)11(3)19/h4-7,10,13,15,18H,8-9H2,1-3H3/t13-,15+. The Hall–Kier alpha value is -1.81. The van der Waals surface area contributed by atoms with Gasteiger partial charge in [-0.25, -0.2) is 0 Å². The molecule has 3 rings (SSSR count). The van der Waals surface area contributed by atoms with E-state index < -0.39 is 0 Å². The van der Waals surface area contributed by atoms with E-state index in [0.717, 1.165) is 29.6 Å². The van der Waals surface area contributed by atoms with Gasteiger partial charge in [0.15, 0.2) is 11.5 Å². The van der Waals surface area contributed by atoms with Gasteiger partial charge in [-0.3, -0.25) is 4.79 Å². The summed E-state index contributed by atoms with van der Waals surface area (Å²) in [6, 6.07) is 8.56. The lowest BCUT2D eigenvalue weighted by molar-refractivity contribution is 0.0816. The van der Waals surface area contributed by atoms with Crippen molar-refractivity contribution in [2.45, 2.75) is 51.8 Å². The van der Waals surface area contributed by atoms with E-state index in [1.807, 2.05) is 18.2 Å². The predicted octanol–water partition coefficient (Wildman–Crippen LogP) is 3.54. The molecule has 0 radical (unpaired) electrons. The highest BCUT2D eigenvalue weighted by molar-refractivity contribution is 5.96. The van der Waals surface area contributed by atoms with Gasteiger partial charge in [0.25, 0.3) is 0 Å². The van der Waals surface area contributed by atoms with E-state index in [9.17, 15) is 4.79 Å². The Morgan fingerprint density at radius 3 is 2.76 bits per heavy atom. The van der Waals surface area contributed by atoms with Gasteiger partial charge in [-0.2, -0.15) is 0 Å². The summed E-state index contributed by atoms with van der Waals surface area (Å²) in [5.41, 5.74) is 0.723. The maximum Gasteiger partial charge on any atom is 0.194 e. The number of Topliss-reactive ketones (excluding diaryl/α,β-unsaturated/α-hetero) is 1. The van der Waals surface area contributed by atoms with Gasteiger partial charge >= 0.3 is 0 Å². The average molecular weight is 287 g/mol. The molecule has 21 heavy (non-hydrogen) atoms. The lowest BCUT2D eigenvalue weighted by Crippen LogP contribution is -2.49. The number of rotatable bonds is 5. The van der Waals surface area contributed by atoms with Crippen LogP contribution in [0, 0.1) is 0 Å². The van der Waals surface area contributed by atoms with Crippen molar-refractivity contribution < 1.29 is 13.9 Å². The van der Waals surface area contributed by atoms with Crippen LogP contribution in [0.15, 0.2) is 28.7 Å². The lowest BCUT2D eigenvalue weighted by Gasteiger charge is -2.37. The molecule has 0 saturated heterocycles. The molecule has 0 aliphatic heterocycles. The Balaban J connectivity index is 1.64. The van der Waals surface area contributed by atoms with Crippen molar-refractivity contribution in [2.24, 2.45) is 0 Å². The Morgan fingerprint density at radius 1 is 1.33 bits per heavy atom. The largest absolute Gasteiger partial charge is 0.490 e. The fraction of sp³-hybridized carbons (Fsp3) is 0.471. The van der Waals surface area contributed by atoms with Crippen LogP contribution in [0.5, 0.6) is 5.75 Å². The third-order valence-electron chi connectivity index (χ3n) is 3.80. The molecule has 4 heteroatoms. The first-order valence-electron chi connectivity index (χ1n) is 7.48. The Morgan fingerprint density at radius 2 is 2.10 bits per heavy atom. The molecule has 2 aromatic rings. The molecule has 0 atom stereocenters. The third kappa shape index (κ3) is 3.10. The van der Waals surface area contributed by atoms with E-state index in [0.29, 0.717) is 17.8 Å². The molecular weight excluding hydrogens is 266 g/mol. The van der Waals surface area contributed by atoms with Gasteiger partial charge in [-0.15, -0.1) is 0 Å². The first-order valence-corrected chi connectivity index (χ1v) is 7.48. The molecule has 1 fully saturated rings. The third-order valence-corrected chi connectivity index (χ3v) is 3.80. The molecule has 0 spiro atoms. The minimum absolute atomic E-state index is 0.0599. The van der Waals surface area contributed by atoms with Crippen LogP contribution in [0.1, 0.15) is 44.2 Å². The van der Waals surface area contributed by atoms with Crippen molar-refractivity contribution in [2.75, 3.05) is 0 Å². The number of furan rings is 1. The van der Waals surface area contributed by atoms with E-state index in [2.05, 4.69) is 19.2 Å². The second kappa shape index (κ2) is 5.53. The van der Waals surface area contributed by atoms with Crippen LogP contribution < -0.4 is 10.1 Å². The summed E-state index contributed by atoms with van der Waals surface area (Å²) in [7, 11) is 0. The summed E-state index contributed by atoms with van der Waals surface area (Å²) >= 11 is 0. The van der Waals surface area contributed by atoms with Crippen molar-refractivity contribution in [3.05, 3.63) is 30.0 Å². The molecule has 1 aromatic carbocycles. The number of ether oxygens (including phenoxy) is 1. The zero-order valence-electron chi connectivity index (χ0n) is 12.7. The molecule has 1 saturated carbocycles. The maximum atomic E-state index is 11.3. The van der Waals surface area contributed by atoms with Gasteiger partial charge in [0.1, 0.15) is 17.4 Å². The zero-order chi connectivity index (χ0) is 15.0. The van der Waals surface area contributed by atoms with E-state index in [1.165, 1.54) is 6.92 Å². The van der Waals surface area contributed by atoms with E-state index in [1.54, 1.807) is 6.07 Å². The number of benzene rings is 1. The minimum Gasteiger partial charge on any atom is -0.490 e. The Labute approximate surface area is 124 Å². The summed E-state index contributed by atoms with van der Waals surface area (Å²) < 4.78 is 11.4. The Kier molecular flexibility index (Phi) is 3.72. The number of carbonyl (C=O) groups excluding carboxylic acids is 1. The summed E-state index contributed by atoms with van der Waals surface area (Å²) in [5.74, 6) is 1.17. The molecule has 112 valence electrons. The summed E-state index contributed by atoms with van der Waals surface area (Å²) in [4.78, 5) is 11.3. The van der Waals surface area contributed by atoms with E-state index in [-0.39, 0.29) is 11.9 Å². The lowest BCUT2D eigenvalue weighted by atomic mass is 9.88. The highest BCUT2D eigenvalue weighted by Gasteiger charge is 2.31. The molecule has 1 heterocycles. The van der Waals surface area contributed by atoms with Crippen LogP contribution in [0.2, 0.25) is 0 Å². The van der Waals surface area contributed by atoms with Crippen molar-refractivity contribution in [1.29, 1.82) is 0 Å². The first kappa shape index (κ1) is 14.1. The molecule has 4 nitrogen and oxygen atoms in total. The SMILES string of the molecule is CC(=O)c1cc2cc(O[C@H]3C[C@@H](NC(C)C)C3)ccc2o1. The van der Waals surface area contributed by atoms with Crippen LogP contribution in [-0.4, -0.2) is 24.0 Å². The van der Waals surface area contributed by atoms with Gasteiger partial charge in [0.2, 0.25) is 0 Å². The number of carbonyl (C=O) groups is 1. The zero-order valence-corrected chi connectivity index (χ0v) is 12.7. The van der Waals surface area contributed by atoms with Gasteiger partial charge in [0, 0.05) is 24.4 Å². The highest BCUT2D eigenvalue weighted by atomic mass is 16.5. The van der Waals surface area contributed by atoms with Gasteiger partial charge in [0.05, 0.1) is 0 Å². The summed E-state index contributed by atoms with van der Waals surface area (Å²) in [6.07, 6.45) is 2.36. The van der Waals surface area contributed by atoms with Crippen LogP contribution in [-0.2, 0) is 0 Å². The smallest absolute Gasteiger partial charge is 0.194 e. The Bertz CT molecular complexity index is 653. The van der Waals surface area contributed by atoms with Crippen molar-refractivity contribution in [3.8, 4) is 5.75 Å². The van der Waals surface area contributed by atoms with Crippen molar-refractivity contribution in [1.82, 2.24) is 5.32 Å². The number of fused-ring (bicyclic) bond motifs is 1. The van der Waals surface area contributed by atoms with Gasteiger partial charge < -0.3 is 14.5 Å². The normalized spacial score (nSPS) is 21.5. The number of hydrogen-bond acceptors (Lipinski definition) is 4. The van der Waals surface area contributed by atoms with E-state index >= 15 is 0 Å². The van der Waals surface area contributed by atoms with Gasteiger partial charge in [-0.1, -0.05) is 13.8 Å². The van der Waals surface area contributed by atoms with Crippen molar-refractivity contribution >= 4 is 16.8 Å². The fourth-order valence-electron chi connectivity index (χ4n) is 2.73. The van der Waals surface area contributed by atoms with Crippen LogP contribution in [0.25, 0.3) is 11.0 Å². The van der Waals surface area contributed by atoms with Crippen LogP contribution in [0.4, 0.5) is 0 Å². The quantitative estimate of drug-likeness (QED) is 0.855. The first-order chi connectivity index (χ1) is 10.0. The monoisotopic (exact) mass is 287 g/mol. The van der Waals surface area contributed by atoms with E-state index in [4.69, 9.17) is 9.15 Å². The number of ketones is 1. The molecule has 1 aliphatic carbocycles. The average Bonchev–Trinajstić information content (AvgIpc) is 2.79. The molecule has 1 aliphatic rings. The summed E-state index contributed by atoms with van der Waals surface area (Å²) in [5, 5.41) is 4.42. The molecule has 0 unspecified atom stereocenters. The van der Waals surface area contributed by atoms with Gasteiger partial charge in [-0.05, 0) is 37.1 Å². The highest BCUT2D eigenvalue weighted by Crippen LogP contribution is 2.29. The molecular formula is C17H21NO3. The topological polar surface area (TPSA) is 51.5 Å². The van der Waals surface area contributed by atoms with Crippen molar-refractivity contribution in [3.63, 3.8) is 0 Å². The predicted molar refractivity (Wildman–Crippen MR) is 81.9 cm³/mol. The molecule has 1 aromatic heterocycles. The second-order valence-corrected chi connectivity index (χ2v) is 6.10. The number of hydrogen-bond donors (Lipinski definition) is 1. The fourth-order valence-corrected chi connectivity index (χ4v) is 2.73. The number of nitrogens with one attached hydrogen (secondary N) is 1. The minimum atomic E-state index is -0.0599. The second-order valence-electron chi connectivity index (χ2n) is 6.10.